The summed E-state index contributed by atoms with van der Waals surface area (Å²) in [5.74, 6) is -0.521. The minimum absolute atomic E-state index is 0.195. The fraction of sp³-hybridized carbons (Fsp3) is 0.538. The van der Waals surface area contributed by atoms with E-state index in [1.165, 1.54) is 0 Å². The van der Waals surface area contributed by atoms with Crippen LogP contribution < -0.4 is 11.1 Å². The lowest BCUT2D eigenvalue weighted by Crippen LogP contribution is -2.47. The maximum atomic E-state index is 11.5. The van der Waals surface area contributed by atoms with Crippen LogP contribution in [0.5, 0.6) is 0 Å². The van der Waals surface area contributed by atoms with Crippen molar-refractivity contribution >= 4 is 11.9 Å². The van der Waals surface area contributed by atoms with Crippen molar-refractivity contribution in [2.45, 2.75) is 26.0 Å². The standard InChI is InChI=1S/C13H20N2O5/c1-2-19-13(17)11(14)12(16)15-6-4-7-18-9-10-5-3-8-20-10/h3,5,8,11H,2,4,6-7,9,14H2,1H3,(H,15,16). The Bertz CT molecular complexity index is 405. The molecule has 112 valence electrons. The SMILES string of the molecule is CCOC(=O)C(N)C(=O)NCCCOCc1ccco1. The van der Waals surface area contributed by atoms with E-state index in [9.17, 15) is 9.59 Å². The first-order chi connectivity index (χ1) is 9.65. The van der Waals surface area contributed by atoms with Crippen LogP contribution in [-0.4, -0.2) is 37.7 Å². The Kier molecular flexibility index (Phi) is 7.38. The number of nitrogens with one attached hydrogen (secondary N) is 1. The molecule has 0 saturated carbocycles. The zero-order valence-electron chi connectivity index (χ0n) is 11.5. The predicted octanol–water partition coefficient (Wildman–Crippen LogP) is 0.193. The van der Waals surface area contributed by atoms with E-state index in [0.29, 0.717) is 26.2 Å². The van der Waals surface area contributed by atoms with Gasteiger partial charge in [0, 0.05) is 13.2 Å². The van der Waals surface area contributed by atoms with Gasteiger partial charge in [-0.25, -0.2) is 4.79 Å². The highest BCUT2D eigenvalue weighted by Crippen LogP contribution is 2.01. The fourth-order valence-corrected chi connectivity index (χ4v) is 1.40. The van der Waals surface area contributed by atoms with Crippen molar-refractivity contribution in [3.05, 3.63) is 24.2 Å². The summed E-state index contributed by atoms with van der Waals surface area (Å²) in [6.07, 6.45) is 2.19. The normalized spacial score (nSPS) is 11.9. The highest BCUT2D eigenvalue weighted by Gasteiger charge is 2.22. The zero-order valence-corrected chi connectivity index (χ0v) is 11.5. The fourth-order valence-electron chi connectivity index (χ4n) is 1.40. The third kappa shape index (κ3) is 5.85. The van der Waals surface area contributed by atoms with Crippen LogP contribution in [0.25, 0.3) is 0 Å². The molecule has 1 atom stereocenters. The number of furan rings is 1. The zero-order chi connectivity index (χ0) is 14.8. The monoisotopic (exact) mass is 284 g/mol. The summed E-state index contributed by atoms with van der Waals surface area (Å²) < 4.78 is 15.1. The van der Waals surface area contributed by atoms with Gasteiger partial charge >= 0.3 is 5.97 Å². The summed E-state index contributed by atoms with van der Waals surface area (Å²) in [5.41, 5.74) is 5.42. The molecule has 1 amide bonds. The molecule has 7 heteroatoms. The van der Waals surface area contributed by atoms with Gasteiger partial charge in [0.05, 0.1) is 12.9 Å². The van der Waals surface area contributed by atoms with E-state index in [2.05, 4.69) is 10.1 Å². The van der Waals surface area contributed by atoms with E-state index in [-0.39, 0.29) is 6.61 Å². The molecule has 1 aromatic heterocycles. The summed E-state index contributed by atoms with van der Waals surface area (Å²) in [5, 5.41) is 2.55. The van der Waals surface area contributed by atoms with E-state index >= 15 is 0 Å². The number of hydrogen-bond acceptors (Lipinski definition) is 6. The molecule has 0 bridgehead atoms. The summed E-state index contributed by atoms with van der Waals surface area (Å²) in [6, 6.07) is 2.33. The first-order valence-electron chi connectivity index (χ1n) is 6.45. The Labute approximate surface area is 117 Å². The van der Waals surface area contributed by atoms with Gasteiger partial charge in [-0.05, 0) is 25.5 Å². The van der Waals surface area contributed by atoms with Crippen LogP contribution in [0, 0.1) is 0 Å². The van der Waals surface area contributed by atoms with Gasteiger partial charge < -0.3 is 24.9 Å². The quantitative estimate of drug-likeness (QED) is 0.381. The van der Waals surface area contributed by atoms with Crippen LogP contribution in [0.2, 0.25) is 0 Å². The van der Waals surface area contributed by atoms with Crippen molar-refractivity contribution in [2.24, 2.45) is 5.73 Å². The van der Waals surface area contributed by atoms with Gasteiger partial charge in [-0.1, -0.05) is 0 Å². The van der Waals surface area contributed by atoms with Gasteiger partial charge in [-0.3, -0.25) is 4.79 Å². The van der Waals surface area contributed by atoms with Gasteiger partial charge in [-0.15, -0.1) is 0 Å². The summed E-state index contributed by atoms with van der Waals surface area (Å²) >= 11 is 0. The first kappa shape index (κ1) is 16.2. The molecule has 0 aliphatic rings. The number of hydrogen-bond donors (Lipinski definition) is 2. The molecule has 0 aromatic carbocycles. The molecular formula is C13H20N2O5. The van der Waals surface area contributed by atoms with Gasteiger partial charge in [0.25, 0.3) is 0 Å². The Balaban J connectivity index is 2.05. The van der Waals surface area contributed by atoms with Crippen molar-refractivity contribution in [2.75, 3.05) is 19.8 Å². The lowest BCUT2D eigenvalue weighted by Gasteiger charge is -2.11. The molecule has 1 aromatic rings. The number of ether oxygens (including phenoxy) is 2. The van der Waals surface area contributed by atoms with Crippen LogP contribution in [-0.2, 0) is 25.7 Å². The lowest BCUT2D eigenvalue weighted by molar-refractivity contribution is -0.147. The van der Waals surface area contributed by atoms with Crippen molar-refractivity contribution in [1.82, 2.24) is 5.32 Å². The maximum absolute atomic E-state index is 11.5. The third-order valence-corrected chi connectivity index (χ3v) is 2.41. The Morgan fingerprint density at radius 2 is 2.30 bits per heavy atom. The average molecular weight is 284 g/mol. The van der Waals surface area contributed by atoms with E-state index < -0.39 is 17.9 Å². The van der Waals surface area contributed by atoms with Gasteiger partial charge in [-0.2, -0.15) is 0 Å². The smallest absolute Gasteiger partial charge is 0.332 e. The highest BCUT2D eigenvalue weighted by atomic mass is 16.5. The second-order valence-corrected chi connectivity index (χ2v) is 4.01. The van der Waals surface area contributed by atoms with Gasteiger partial charge in [0.2, 0.25) is 5.91 Å². The van der Waals surface area contributed by atoms with Crippen molar-refractivity contribution < 1.29 is 23.5 Å². The van der Waals surface area contributed by atoms with Crippen molar-refractivity contribution in [3.8, 4) is 0 Å². The Morgan fingerprint density at radius 3 is 2.95 bits per heavy atom. The van der Waals surface area contributed by atoms with Crippen LogP contribution in [0.4, 0.5) is 0 Å². The molecule has 7 nitrogen and oxygen atoms in total. The summed E-state index contributed by atoms with van der Waals surface area (Å²) in [7, 11) is 0. The minimum Gasteiger partial charge on any atom is -0.467 e. The molecule has 1 unspecified atom stereocenters. The predicted molar refractivity (Wildman–Crippen MR) is 70.6 cm³/mol. The van der Waals surface area contributed by atoms with Crippen LogP contribution in [0.15, 0.2) is 22.8 Å². The molecule has 0 spiro atoms. The summed E-state index contributed by atoms with van der Waals surface area (Å²) in [6.45, 7) is 3.09. The van der Waals surface area contributed by atoms with Gasteiger partial charge in [0.15, 0.2) is 6.04 Å². The number of amides is 1. The van der Waals surface area contributed by atoms with Crippen LogP contribution >= 0.6 is 0 Å². The largest absolute Gasteiger partial charge is 0.467 e. The van der Waals surface area contributed by atoms with Crippen molar-refractivity contribution in [3.63, 3.8) is 0 Å². The highest BCUT2D eigenvalue weighted by molar-refractivity contribution is 6.01. The number of rotatable bonds is 9. The second-order valence-electron chi connectivity index (χ2n) is 4.01. The molecule has 3 N–H and O–H groups in total. The number of esters is 1. The van der Waals surface area contributed by atoms with E-state index in [1.807, 2.05) is 6.07 Å². The third-order valence-electron chi connectivity index (χ3n) is 2.41. The summed E-state index contributed by atoms with van der Waals surface area (Å²) in [4.78, 5) is 22.7. The molecule has 0 aliphatic heterocycles. The second kappa shape index (κ2) is 9.11. The average Bonchev–Trinajstić information content (AvgIpc) is 2.95. The van der Waals surface area contributed by atoms with Gasteiger partial charge in [0.1, 0.15) is 12.4 Å². The minimum atomic E-state index is -1.28. The maximum Gasteiger partial charge on any atom is 0.332 e. The molecule has 1 heterocycles. The van der Waals surface area contributed by atoms with E-state index in [4.69, 9.17) is 14.9 Å². The Morgan fingerprint density at radius 1 is 1.50 bits per heavy atom. The molecular weight excluding hydrogens is 264 g/mol. The molecule has 20 heavy (non-hydrogen) atoms. The molecule has 0 saturated heterocycles. The molecule has 0 radical (unpaired) electrons. The molecule has 0 fully saturated rings. The number of carbonyl (C=O) groups excluding carboxylic acids is 2. The molecule has 1 rings (SSSR count). The molecule has 0 aliphatic carbocycles. The van der Waals surface area contributed by atoms with Crippen LogP contribution in [0.3, 0.4) is 0 Å². The van der Waals surface area contributed by atoms with Crippen LogP contribution in [0.1, 0.15) is 19.1 Å². The van der Waals surface area contributed by atoms with Crippen molar-refractivity contribution in [1.29, 1.82) is 0 Å². The first-order valence-corrected chi connectivity index (χ1v) is 6.45. The lowest BCUT2D eigenvalue weighted by atomic mass is 10.3. The van der Waals surface area contributed by atoms with E-state index in [1.54, 1.807) is 19.3 Å². The number of nitrogens with two attached hydrogens (primary N) is 1. The number of carbonyl (C=O) groups is 2. The Hall–Kier alpha value is -1.86. The topological polar surface area (TPSA) is 104 Å². The van der Waals surface area contributed by atoms with E-state index in [0.717, 1.165) is 5.76 Å².